The number of furan rings is 1. The van der Waals surface area contributed by atoms with Gasteiger partial charge in [0.2, 0.25) is 0 Å². The predicted octanol–water partition coefficient (Wildman–Crippen LogP) is 14.5. The molecule has 0 aliphatic heterocycles. The molecular formula is C59H54N4O. The van der Waals surface area contributed by atoms with Gasteiger partial charge in [0.25, 0.3) is 0 Å². The van der Waals surface area contributed by atoms with Gasteiger partial charge in [0.15, 0.2) is 0 Å². The topological polar surface area (TPSA) is 75.6 Å². The van der Waals surface area contributed by atoms with Crippen LogP contribution in [-0.4, -0.2) is 15.0 Å². The van der Waals surface area contributed by atoms with Crippen LogP contribution in [0.15, 0.2) is 169 Å². The van der Waals surface area contributed by atoms with E-state index in [4.69, 9.17) is 24.9 Å². The largest absolute Gasteiger partial charge is 0.455 e. The highest BCUT2D eigenvalue weighted by Crippen LogP contribution is 2.39. The first-order valence-electron chi connectivity index (χ1n) is 23.9. The van der Waals surface area contributed by atoms with Crippen molar-refractivity contribution < 1.29 is 9.90 Å². The lowest BCUT2D eigenvalue weighted by atomic mass is 9.75. The van der Waals surface area contributed by atoms with Gasteiger partial charge in [-0.1, -0.05) is 151 Å². The number of aryl methyl sites for hydroxylation is 1. The first-order valence-corrected chi connectivity index (χ1v) is 21.9. The number of nitrogens with zero attached hydrogens (tertiary/aromatic N) is 4. The van der Waals surface area contributed by atoms with Gasteiger partial charge >= 0.3 is 0 Å². The van der Waals surface area contributed by atoms with E-state index in [0.717, 1.165) is 47.3 Å². The number of fused-ring (bicyclic) bond motifs is 3. The minimum Gasteiger partial charge on any atom is -0.455 e. The number of benzene rings is 5. The second-order valence-corrected chi connectivity index (χ2v) is 19.0. The summed E-state index contributed by atoms with van der Waals surface area (Å²) in [6.45, 7) is 11.1. The number of aromatic nitrogens is 3. The number of hydrogen-bond donors (Lipinski definition) is 0. The van der Waals surface area contributed by atoms with Crippen LogP contribution in [0.3, 0.4) is 0 Å². The second kappa shape index (κ2) is 16.8. The summed E-state index contributed by atoms with van der Waals surface area (Å²) in [6, 6.07) is 49.4. The summed E-state index contributed by atoms with van der Waals surface area (Å²) in [5, 5.41) is 11.0. The molecule has 0 saturated carbocycles. The van der Waals surface area contributed by atoms with E-state index in [1.54, 1.807) is 0 Å². The minimum absolute atomic E-state index is 0.0985. The van der Waals surface area contributed by atoms with Crippen molar-refractivity contribution in [3.05, 3.63) is 209 Å². The lowest BCUT2D eigenvalue weighted by Crippen LogP contribution is -2.24. The van der Waals surface area contributed by atoms with Gasteiger partial charge in [0.1, 0.15) is 11.2 Å². The summed E-state index contributed by atoms with van der Waals surface area (Å²) < 4.78 is 39.4. The van der Waals surface area contributed by atoms with Crippen LogP contribution < -0.4 is 0 Å². The number of nitriles is 1. The van der Waals surface area contributed by atoms with Gasteiger partial charge in [0, 0.05) is 55.7 Å². The highest BCUT2D eigenvalue weighted by Gasteiger charge is 2.28. The summed E-state index contributed by atoms with van der Waals surface area (Å²) in [6.07, 6.45) is 8.41. The summed E-state index contributed by atoms with van der Waals surface area (Å²) in [4.78, 5) is 14.8. The maximum atomic E-state index is 9.82. The molecule has 5 aromatic carbocycles. The molecule has 0 fully saturated rings. The third-order valence-electron chi connectivity index (χ3n) is 12.8. The lowest BCUT2D eigenvalue weighted by Gasteiger charge is -2.30. The summed E-state index contributed by atoms with van der Waals surface area (Å²) in [5.74, 6) is 0. The number of rotatable bonds is 12. The van der Waals surface area contributed by atoms with E-state index in [0.29, 0.717) is 27.6 Å². The molecule has 4 aromatic heterocycles. The van der Waals surface area contributed by atoms with Gasteiger partial charge in [0.05, 0.1) is 30.1 Å². The van der Waals surface area contributed by atoms with Crippen molar-refractivity contribution in [1.82, 2.24) is 15.0 Å². The highest BCUT2D eigenvalue weighted by molar-refractivity contribution is 6.10. The smallest absolute Gasteiger partial charge is 0.144 e. The Hall–Kier alpha value is -7.16. The van der Waals surface area contributed by atoms with Crippen LogP contribution in [0.4, 0.5) is 0 Å². The first kappa shape index (κ1) is 37.4. The highest BCUT2D eigenvalue weighted by atomic mass is 16.3. The Morgan fingerprint density at radius 1 is 0.531 bits per heavy atom. The Labute approximate surface area is 383 Å². The van der Waals surface area contributed by atoms with Gasteiger partial charge in [-0.15, -0.1) is 0 Å². The Balaban J connectivity index is 1.03. The maximum absolute atomic E-state index is 9.82. The third-order valence-corrected chi connectivity index (χ3v) is 12.8. The number of para-hydroxylation sites is 1. The van der Waals surface area contributed by atoms with Gasteiger partial charge in [-0.2, -0.15) is 5.26 Å². The van der Waals surface area contributed by atoms with Crippen LogP contribution >= 0.6 is 0 Å². The molecule has 0 atom stereocenters. The van der Waals surface area contributed by atoms with Crippen molar-refractivity contribution in [1.29, 1.82) is 5.26 Å². The fraction of sp³-hybridized carbons (Fsp3) is 0.220. The third kappa shape index (κ3) is 8.49. The fourth-order valence-corrected chi connectivity index (χ4v) is 9.17. The molecule has 5 nitrogen and oxygen atoms in total. The Kier molecular flexibility index (Phi) is 9.84. The zero-order valence-corrected chi connectivity index (χ0v) is 37.3. The predicted molar refractivity (Wildman–Crippen MR) is 262 cm³/mol. The van der Waals surface area contributed by atoms with Gasteiger partial charge < -0.3 is 4.42 Å². The molecule has 9 rings (SSSR count). The zero-order chi connectivity index (χ0) is 48.0. The van der Waals surface area contributed by atoms with E-state index in [-0.39, 0.29) is 39.0 Å². The zero-order valence-electron chi connectivity index (χ0n) is 41.3. The lowest BCUT2D eigenvalue weighted by molar-refractivity contribution is 0.505. The van der Waals surface area contributed by atoms with Crippen molar-refractivity contribution in [2.45, 2.75) is 83.9 Å². The molecule has 64 heavy (non-hydrogen) atoms. The standard InChI is InChI=1S/C59H54N4O/c1-39-45(35-60)21-25-50-49-19-14-20-51(56(49)64-55(39)50)54-28-24-48(38-63-54)59(6,7)34-42-30-40(32-57(2,3)46-22-26-52(61-36-46)43-15-10-8-11-16-43)29-41(31-42)33-58(4,5)47-23-27-53(62-37-47)44-17-12-9-13-18-44/h8-31,36-38H,32-34H2,1-7H3/i1D3,21D. The van der Waals surface area contributed by atoms with E-state index in [1.807, 2.05) is 85.3 Å². The molecule has 0 aliphatic rings. The van der Waals surface area contributed by atoms with E-state index >= 15 is 0 Å². The Morgan fingerprint density at radius 2 is 0.984 bits per heavy atom. The molecule has 0 aliphatic carbocycles. The first-order chi connectivity index (χ1) is 32.4. The molecule has 0 N–H and O–H groups in total. The Morgan fingerprint density at radius 3 is 1.41 bits per heavy atom. The normalized spacial score (nSPS) is 13.3. The van der Waals surface area contributed by atoms with Crippen LogP contribution in [0.25, 0.3) is 55.7 Å². The molecular weight excluding hydrogens is 781 g/mol. The number of pyridine rings is 3. The quantitative estimate of drug-likeness (QED) is 0.122. The summed E-state index contributed by atoms with van der Waals surface area (Å²) in [7, 11) is 0. The molecule has 0 saturated heterocycles. The van der Waals surface area contributed by atoms with Crippen LogP contribution in [-0.2, 0) is 35.5 Å². The van der Waals surface area contributed by atoms with Crippen LogP contribution in [0.5, 0.6) is 0 Å². The van der Waals surface area contributed by atoms with Crippen molar-refractivity contribution in [3.63, 3.8) is 0 Å². The molecule has 0 spiro atoms. The van der Waals surface area contributed by atoms with Crippen molar-refractivity contribution in [2.75, 3.05) is 0 Å². The monoisotopic (exact) mass is 838 g/mol. The maximum Gasteiger partial charge on any atom is 0.144 e. The summed E-state index contributed by atoms with van der Waals surface area (Å²) in [5.41, 5.74) is 12.1. The SMILES string of the molecule is [2H]c1cc2c(oc3c(-c4ccc(C(C)(C)Cc5cc(CC(C)(C)c6ccc(-c7ccccc7)nc6)cc(CC(C)(C)c6ccc(-c7ccccc7)nc6)c5)cn4)cccc32)c(C([2H])([2H])[2H])c1C#N. The van der Waals surface area contributed by atoms with Crippen molar-refractivity contribution in [3.8, 4) is 39.8 Å². The second-order valence-electron chi connectivity index (χ2n) is 19.0. The van der Waals surface area contributed by atoms with E-state index < -0.39 is 6.85 Å². The van der Waals surface area contributed by atoms with E-state index in [2.05, 4.69) is 114 Å². The summed E-state index contributed by atoms with van der Waals surface area (Å²) >= 11 is 0. The molecule has 0 radical (unpaired) electrons. The molecule has 9 aromatic rings. The molecule has 4 heterocycles. The molecule has 0 bridgehead atoms. The number of hydrogen-bond acceptors (Lipinski definition) is 5. The van der Waals surface area contributed by atoms with Crippen LogP contribution in [0.1, 0.15) is 91.5 Å². The van der Waals surface area contributed by atoms with Gasteiger partial charge in [-0.3, -0.25) is 15.0 Å². The van der Waals surface area contributed by atoms with E-state index in [9.17, 15) is 5.26 Å². The Bertz CT molecular complexity index is 3200. The van der Waals surface area contributed by atoms with Gasteiger partial charge in [-0.05, 0) is 112 Å². The van der Waals surface area contributed by atoms with E-state index in [1.165, 1.54) is 33.9 Å². The van der Waals surface area contributed by atoms with Crippen molar-refractivity contribution >= 4 is 21.9 Å². The molecule has 0 unspecified atom stereocenters. The van der Waals surface area contributed by atoms with Crippen molar-refractivity contribution in [2.24, 2.45) is 0 Å². The van der Waals surface area contributed by atoms with Crippen LogP contribution in [0.2, 0.25) is 0 Å². The molecule has 5 heteroatoms. The van der Waals surface area contributed by atoms with Crippen LogP contribution in [0, 0.1) is 18.2 Å². The average Bonchev–Trinajstić information content (AvgIpc) is 3.68. The molecule has 0 amide bonds. The van der Waals surface area contributed by atoms with Gasteiger partial charge in [-0.25, -0.2) is 0 Å². The minimum atomic E-state index is -2.65. The molecule has 316 valence electrons. The fourth-order valence-electron chi connectivity index (χ4n) is 9.17. The average molecular weight is 839 g/mol.